The van der Waals surface area contributed by atoms with Gasteiger partial charge in [-0.1, -0.05) is 32.1 Å². The largest absolute Gasteiger partial charge is 0.327 e. The molecule has 0 aliphatic heterocycles. The van der Waals surface area contributed by atoms with E-state index in [1.54, 1.807) is 0 Å². The van der Waals surface area contributed by atoms with Crippen LogP contribution in [0.4, 0.5) is 0 Å². The van der Waals surface area contributed by atoms with Crippen LogP contribution in [0.5, 0.6) is 0 Å². The molecule has 0 aromatic carbocycles. The van der Waals surface area contributed by atoms with Gasteiger partial charge in [0.05, 0.1) is 11.7 Å². The molecule has 2 N–H and O–H groups in total. The van der Waals surface area contributed by atoms with Gasteiger partial charge < -0.3 is 5.73 Å². The first-order valence-electron chi connectivity index (χ1n) is 8.72. The van der Waals surface area contributed by atoms with Gasteiger partial charge in [-0.05, 0) is 31.7 Å². The summed E-state index contributed by atoms with van der Waals surface area (Å²) in [6.45, 7) is 0. The summed E-state index contributed by atoms with van der Waals surface area (Å²) in [6.07, 6.45) is 15.5. The number of hydrogen-bond acceptors (Lipinski definition) is 3. The van der Waals surface area contributed by atoms with Gasteiger partial charge in [0, 0.05) is 29.7 Å². The van der Waals surface area contributed by atoms with Crippen LogP contribution < -0.4 is 5.73 Å². The summed E-state index contributed by atoms with van der Waals surface area (Å²) >= 11 is 2.10. The van der Waals surface area contributed by atoms with E-state index in [0.717, 1.165) is 17.4 Å². The third-order valence-electron chi connectivity index (χ3n) is 4.93. The summed E-state index contributed by atoms with van der Waals surface area (Å²) in [4.78, 5) is 0. The number of nitrogens with two attached hydrogens (primary N) is 1. The van der Waals surface area contributed by atoms with Gasteiger partial charge in [0.15, 0.2) is 0 Å². The third kappa shape index (κ3) is 4.49. The number of rotatable bonds is 6. The van der Waals surface area contributed by atoms with Crippen LogP contribution in [0.2, 0.25) is 0 Å². The van der Waals surface area contributed by atoms with Crippen LogP contribution in [0.25, 0.3) is 0 Å². The van der Waals surface area contributed by atoms with Crippen molar-refractivity contribution in [2.45, 2.75) is 81.5 Å². The number of aromatic nitrogens is 2. The van der Waals surface area contributed by atoms with Crippen molar-refractivity contribution in [2.24, 2.45) is 5.73 Å². The van der Waals surface area contributed by atoms with Gasteiger partial charge >= 0.3 is 0 Å². The van der Waals surface area contributed by atoms with Crippen molar-refractivity contribution in [1.29, 1.82) is 0 Å². The fourth-order valence-corrected chi connectivity index (χ4v) is 4.98. The van der Waals surface area contributed by atoms with E-state index in [2.05, 4.69) is 28.7 Å². The molecule has 3 nitrogen and oxygen atoms in total. The van der Waals surface area contributed by atoms with E-state index in [0.29, 0.717) is 6.04 Å². The number of thioether (sulfide) groups is 1. The van der Waals surface area contributed by atoms with Gasteiger partial charge in [-0.15, -0.1) is 0 Å². The minimum Gasteiger partial charge on any atom is -0.327 e. The predicted octanol–water partition coefficient (Wildman–Crippen LogP) is 3.93. The topological polar surface area (TPSA) is 43.8 Å². The van der Waals surface area contributed by atoms with Crippen LogP contribution in [0.15, 0.2) is 12.3 Å². The zero-order chi connectivity index (χ0) is 14.5. The molecule has 0 saturated heterocycles. The lowest BCUT2D eigenvalue weighted by atomic mass is 10.0. The van der Waals surface area contributed by atoms with Crippen molar-refractivity contribution in [3.63, 3.8) is 0 Å². The lowest BCUT2D eigenvalue weighted by Gasteiger charge is -2.22. The maximum Gasteiger partial charge on any atom is 0.0640 e. The molecule has 0 spiro atoms. The van der Waals surface area contributed by atoms with Crippen molar-refractivity contribution in [3.8, 4) is 0 Å². The second-order valence-electron chi connectivity index (χ2n) is 6.78. The van der Waals surface area contributed by atoms with Crippen LogP contribution in [0, 0.1) is 0 Å². The van der Waals surface area contributed by atoms with Crippen LogP contribution in [-0.4, -0.2) is 26.8 Å². The molecule has 2 aliphatic carbocycles. The van der Waals surface area contributed by atoms with Gasteiger partial charge in [0.2, 0.25) is 0 Å². The second kappa shape index (κ2) is 7.68. The molecular weight excluding hydrogens is 278 g/mol. The Balaban J connectivity index is 1.42. The first-order valence-corrected chi connectivity index (χ1v) is 9.77. The van der Waals surface area contributed by atoms with E-state index in [4.69, 9.17) is 10.8 Å². The SMILES string of the molecule is NC(CSC1CCCCC1)Cc1ccn(C2CCCC2)n1. The zero-order valence-corrected chi connectivity index (χ0v) is 13.9. The summed E-state index contributed by atoms with van der Waals surface area (Å²) in [6, 6.07) is 3.07. The van der Waals surface area contributed by atoms with E-state index < -0.39 is 0 Å². The predicted molar refractivity (Wildman–Crippen MR) is 90.7 cm³/mol. The molecular formula is C17H29N3S. The van der Waals surface area contributed by atoms with Gasteiger partial charge in [-0.25, -0.2) is 0 Å². The minimum atomic E-state index is 0.254. The highest BCUT2D eigenvalue weighted by atomic mass is 32.2. The molecule has 4 heteroatoms. The average Bonchev–Trinajstić information content (AvgIpc) is 3.17. The normalized spacial score (nSPS) is 22.7. The summed E-state index contributed by atoms with van der Waals surface area (Å²) in [7, 11) is 0. The molecule has 0 radical (unpaired) electrons. The summed E-state index contributed by atoms with van der Waals surface area (Å²) in [5.41, 5.74) is 7.49. The lowest BCUT2D eigenvalue weighted by Crippen LogP contribution is -2.27. The molecule has 118 valence electrons. The Bertz CT molecular complexity index is 419. The molecule has 1 unspecified atom stereocenters. The highest BCUT2D eigenvalue weighted by Gasteiger charge is 2.19. The van der Waals surface area contributed by atoms with Crippen LogP contribution in [0.1, 0.15) is 69.5 Å². The third-order valence-corrected chi connectivity index (χ3v) is 6.50. The van der Waals surface area contributed by atoms with Crippen LogP contribution >= 0.6 is 11.8 Å². The van der Waals surface area contributed by atoms with Crippen molar-refractivity contribution in [3.05, 3.63) is 18.0 Å². The Morgan fingerprint density at radius 3 is 2.62 bits per heavy atom. The summed E-state index contributed by atoms with van der Waals surface area (Å²) in [5, 5.41) is 5.62. The van der Waals surface area contributed by atoms with Gasteiger partial charge in [0.25, 0.3) is 0 Å². The Labute approximate surface area is 133 Å². The molecule has 1 heterocycles. The van der Waals surface area contributed by atoms with Crippen molar-refractivity contribution < 1.29 is 0 Å². The van der Waals surface area contributed by atoms with Gasteiger partial charge in [-0.2, -0.15) is 16.9 Å². The molecule has 2 saturated carbocycles. The van der Waals surface area contributed by atoms with Crippen molar-refractivity contribution in [2.75, 3.05) is 5.75 Å². The van der Waals surface area contributed by atoms with Crippen molar-refractivity contribution >= 4 is 11.8 Å². The Hall–Kier alpha value is -0.480. The molecule has 2 fully saturated rings. The van der Waals surface area contributed by atoms with E-state index in [9.17, 15) is 0 Å². The van der Waals surface area contributed by atoms with Crippen LogP contribution in [0.3, 0.4) is 0 Å². The highest BCUT2D eigenvalue weighted by Crippen LogP contribution is 2.30. The van der Waals surface area contributed by atoms with E-state index in [1.807, 2.05) is 0 Å². The highest BCUT2D eigenvalue weighted by molar-refractivity contribution is 7.99. The minimum absolute atomic E-state index is 0.254. The Morgan fingerprint density at radius 2 is 1.86 bits per heavy atom. The van der Waals surface area contributed by atoms with Gasteiger partial charge in [-0.3, -0.25) is 4.68 Å². The van der Waals surface area contributed by atoms with E-state index in [-0.39, 0.29) is 6.04 Å². The molecule has 0 amide bonds. The summed E-state index contributed by atoms with van der Waals surface area (Å²) < 4.78 is 2.18. The van der Waals surface area contributed by atoms with E-state index in [1.165, 1.54) is 63.5 Å². The second-order valence-corrected chi connectivity index (χ2v) is 8.12. The molecule has 21 heavy (non-hydrogen) atoms. The Kier molecular flexibility index (Phi) is 5.64. The van der Waals surface area contributed by atoms with Crippen molar-refractivity contribution in [1.82, 2.24) is 9.78 Å². The Morgan fingerprint density at radius 1 is 1.14 bits per heavy atom. The standard InChI is InChI=1S/C17H29N3S/c18-14(13-21-17-8-2-1-3-9-17)12-15-10-11-20(19-15)16-6-4-5-7-16/h10-11,14,16-17H,1-9,12-13,18H2. The smallest absolute Gasteiger partial charge is 0.0640 e. The van der Waals surface area contributed by atoms with Gasteiger partial charge in [0.1, 0.15) is 0 Å². The van der Waals surface area contributed by atoms with Crippen LogP contribution in [-0.2, 0) is 6.42 Å². The lowest BCUT2D eigenvalue weighted by molar-refractivity contribution is 0.461. The maximum absolute atomic E-state index is 6.32. The fourth-order valence-electron chi connectivity index (χ4n) is 3.68. The number of hydrogen-bond donors (Lipinski definition) is 1. The molecule has 1 aromatic heterocycles. The summed E-state index contributed by atoms with van der Waals surface area (Å²) in [5.74, 6) is 1.08. The quantitative estimate of drug-likeness (QED) is 0.866. The molecule has 3 rings (SSSR count). The number of nitrogens with zero attached hydrogens (tertiary/aromatic N) is 2. The van der Waals surface area contributed by atoms with E-state index >= 15 is 0 Å². The molecule has 1 aromatic rings. The molecule has 1 atom stereocenters. The zero-order valence-electron chi connectivity index (χ0n) is 13.0. The maximum atomic E-state index is 6.32. The average molecular weight is 308 g/mol. The monoisotopic (exact) mass is 307 g/mol. The first-order chi connectivity index (χ1) is 10.3. The first kappa shape index (κ1) is 15.4. The molecule has 0 bridgehead atoms. The fraction of sp³-hybridized carbons (Fsp3) is 0.824. The molecule has 2 aliphatic rings.